The maximum Gasteiger partial charge on any atom is 0.220 e. The monoisotopic (exact) mass is 446 g/mol. The molecule has 0 atom stereocenters. The zero-order valence-electron chi connectivity index (χ0n) is 18.7. The van der Waals surface area contributed by atoms with Crippen molar-refractivity contribution in [3.8, 4) is 5.69 Å². The molecule has 4 heterocycles. The summed E-state index contributed by atoms with van der Waals surface area (Å²) < 4.78 is 7.01. The highest BCUT2D eigenvalue weighted by Crippen LogP contribution is 2.39. The molecule has 4 heteroatoms. The van der Waals surface area contributed by atoms with Gasteiger partial charge in [0.15, 0.2) is 0 Å². The zero-order chi connectivity index (χ0) is 22.7. The molecular weight excluding hydrogens is 428 g/mol. The Morgan fingerprint density at radius 1 is 0.457 bits per heavy atom. The minimum absolute atomic E-state index is 0.969. The molecule has 5 aromatic carbocycles. The van der Waals surface area contributed by atoms with E-state index in [4.69, 9.17) is 4.98 Å². The Bertz CT molecular complexity index is 2220. The first-order valence-electron chi connectivity index (χ1n) is 11.9. The summed E-state index contributed by atoms with van der Waals surface area (Å²) in [6.07, 6.45) is 0. The molecule has 0 saturated carbocycles. The molecule has 0 amide bonds. The van der Waals surface area contributed by atoms with Crippen molar-refractivity contribution in [3.63, 3.8) is 0 Å². The van der Waals surface area contributed by atoms with Crippen LogP contribution in [0.25, 0.3) is 71.6 Å². The molecule has 0 saturated heterocycles. The Kier molecular flexibility index (Phi) is 3.01. The van der Waals surface area contributed by atoms with Crippen molar-refractivity contribution in [2.24, 2.45) is 0 Å². The fraction of sp³-hybridized carbons (Fsp3) is 0. The minimum Gasteiger partial charge on any atom is -0.309 e. The van der Waals surface area contributed by atoms with Crippen molar-refractivity contribution in [1.29, 1.82) is 0 Å². The molecule has 162 valence electrons. The van der Waals surface area contributed by atoms with E-state index < -0.39 is 0 Å². The second-order valence-corrected chi connectivity index (χ2v) is 9.32. The van der Waals surface area contributed by atoms with Crippen LogP contribution in [0.2, 0.25) is 0 Å². The fourth-order valence-corrected chi connectivity index (χ4v) is 6.17. The highest BCUT2D eigenvalue weighted by atomic mass is 15.2. The van der Waals surface area contributed by atoms with Crippen LogP contribution in [0, 0.1) is 0 Å². The summed E-state index contributed by atoms with van der Waals surface area (Å²) in [6.45, 7) is 0. The van der Waals surface area contributed by atoms with Gasteiger partial charge in [0.25, 0.3) is 0 Å². The molecule has 0 aliphatic heterocycles. The Morgan fingerprint density at radius 3 is 1.91 bits per heavy atom. The van der Waals surface area contributed by atoms with Gasteiger partial charge in [0.05, 0.1) is 38.6 Å². The van der Waals surface area contributed by atoms with Gasteiger partial charge in [0.2, 0.25) is 5.78 Å². The van der Waals surface area contributed by atoms with Gasteiger partial charge in [-0.15, -0.1) is 0 Å². The standard InChI is InChI=1S/C31H18N4/c1-4-12-25-20(8-1)21-9-2-5-13-26(21)33(25)19-16-17-27-23(18-19)22-10-7-15-29-30(22)35(27)31-32-24-11-3-6-14-28(24)34(29)31/h1-18H. The summed E-state index contributed by atoms with van der Waals surface area (Å²) in [6, 6.07) is 39.2. The maximum atomic E-state index is 5.03. The number of imidazole rings is 2. The summed E-state index contributed by atoms with van der Waals surface area (Å²) in [4.78, 5) is 5.03. The minimum atomic E-state index is 0.969. The van der Waals surface area contributed by atoms with E-state index in [1.54, 1.807) is 0 Å². The molecule has 0 unspecified atom stereocenters. The van der Waals surface area contributed by atoms with Crippen LogP contribution in [0.1, 0.15) is 0 Å². The molecule has 0 bridgehead atoms. The number of benzene rings is 5. The summed E-state index contributed by atoms with van der Waals surface area (Å²) in [5.74, 6) is 0.969. The van der Waals surface area contributed by atoms with Crippen LogP contribution >= 0.6 is 0 Å². The summed E-state index contributed by atoms with van der Waals surface area (Å²) in [5, 5.41) is 5.07. The first-order chi connectivity index (χ1) is 17.4. The predicted molar refractivity (Wildman–Crippen MR) is 144 cm³/mol. The lowest BCUT2D eigenvalue weighted by Gasteiger charge is -2.08. The first-order valence-corrected chi connectivity index (χ1v) is 11.9. The Morgan fingerprint density at radius 2 is 1.11 bits per heavy atom. The number of hydrogen-bond acceptors (Lipinski definition) is 1. The third-order valence-corrected chi connectivity index (χ3v) is 7.57. The molecule has 0 aliphatic carbocycles. The van der Waals surface area contributed by atoms with Crippen molar-refractivity contribution in [2.75, 3.05) is 0 Å². The summed E-state index contributed by atoms with van der Waals surface area (Å²) in [5.41, 5.74) is 9.41. The quantitative estimate of drug-likeness (QED) is 0.255. The van der Waals surface area contributed by atoms with Gasteiger partial charge in [0, 0.05) is 27.2 Å². The number of fused-ring (bicyclic) bond motifs is 11. The van der Waals surface area contributed by atoms with Gasteiger partial charge in [-0.2, -0.15) is 0 Å². The zero-order valence-corrected chi connectivity index (χ0v) is 18.7. The molecule has 9 aromatic rings. The molecule has 35 heavy (non-hydrogen) atoms. The van der Waals surface area contributed by atoms with Crippen LogP contribution in [-0.4, -0.2) is 18.4 Å². The van der Waals surface area contributed by atoms with E-state index in [0.717, 1.165) is 16.8 Å². The largest absolute Gasteiger partial charge is 0.309 e. The molecule has 0 fully saturated rings. The smallest absolute Gasteiger partial charge is 0.220 e. The van der Waals surface area contributed by atoms with E-state index in [0.29, 0.717) is 0 Å². The van der Waals surface area contributed by atoms with Gasteiger partial charge in [-0.25, -0.2) is 4.98 Å². The lowest BCUT2D eigenvalue weighted by Crippen LogP contribution is -1.93. The number of para-hydroxylation sites is 5. The number of rotatable bonds is 1. The van der Waals surface area contributed by atoms with Crippen LogP contribution in [0.4, 0.5) is 0 Å². The van der Waals surface area contributed by atoms with Crippen LogP contribution in [0.3, 0.4) is 0 Å². The molecule has 0 N–H and O–H groups in total. The van der Waals surface area contributed by atoms with Crippen LogP contribution in [-0.2, 0) is 0 Å². The topological polar surface area (TPSA) is 26.6 Å². The van der Waals surface area contributed by atoms with Gasteiger partial charge in [-0.05, 0) is 48.5 Å². The van der Waals surface area contributed by atoms with E-state index in [2.05, 4.69) is 123 Å². The number of hydrogen-bond donors (Lipinski definition) is 0. The van der Waals surface area contributed by atoms with Gasteiger partial charge in [0.1, 0.15) is 0 Å². The van der Waals surface area contributed by atoms with Crippen LogP contribution in [0.5, 0.6) is 0 Å². The Balaban J connectivity index is 1.44. The highest BCUT2D eigenvalue weighted by Gasteiger charge is 2.21. The van der Waals surface area contributed by atoms with Crippen LogP contribution in [0.15, 0.2) is 109 Å². The highest BCUT2D eigenvalue weighted by molar-refractivity contribution is 6.16. The van der Waals surface area contributed by atoms with E-state index >= 15 is 0 Å². The first kappa shape index (κ1) is 17.6. The van der Waals surface area contributed by atoms with E-state index in [9.17, 15) is 0 Å². The molecule has 4 nitrogen and oxygen atoms in total. The normalized spacial score (nSPS) is 12.6. The van der Waals surface area contributed by atoms with Crippen molar-refractivity contribution in [3.05, 3.63) is 109 Å². The average molecular weight is 447 g/mol. The maximum absolute atomic E-state index is 5.03. The molecule has 9 rings (SSSR count). The summed E-state index contributed by atoms with van der Waals surface area (Å²) in [7, 11) is 0. The van der Waals surface area contributed by atoms with Gasteiger partial charge >= 0.3 is 0 Å². The number of nitrogens with zero attached hydrogens (tertiary/aromatic N) is 4. The molecule has 4 aromatic heterocycles. The Hall–Kier alpha value is -4.83. The van der Waals surface area contributed by atoms with E-state index in [1.165, 1.54) is 54.8 Å². The third kappa shape index (κ3) is 2.02. The van der Waals surface area contributed by atoms with Gasteiger partial charge in [-0.1, -0.05) is 60.7 Å². The van der Waals surface area contributed by atoms with E-state index in [-0.39, 0.29) is 0 Å². The van der Waals surface area contributed by atoms with E-state index in [1.807, 2.05) is 0 Å². The van der Waals surface area contributed by atoms with Gasteiger partial charge in [-0.3, -0.25) is 8.80 Å². The fourth-order valence-electron chi connectivity index (χ4n) is 6.17. The number of aromatic nitrogens is 4. The molecular formula is C31H18N4. The lowest BCUT2D eigenvalue weighted by atomic mass is 10.1. The van der Waals surface area contributed by atoms with Crippen molar-refractivity contribution in [1.82, 2.24) is 18.4 Å². The van der Waals surface area contributed by atoms with Crippen LogP contribution < -0.4 is 0 Å². The second kappa shape index (κ2) is 5.99. The molecule has 0 spiro atoms. The molecule has 0 aliphatic rings. The average Bonchev–Trinajstić information content (AvgIpc) is 3.63. The Labute approximate surface area is 199 Å². The predicted octanol–water partition coefficient (Wildman–Crippen LogP) is 7.58. The third-order valence-electron chi connectivity index (χ3n) is 7.57. The SMILES string of the molecule is c1ccc2c(c1)nc1n2c2cccc3c4cc(-n5c6ccccc6c6ccccc65)ccc4n1c32. The molecule has 0 radical (unpaired) electrons. The van der Waals surface area contributed by atoms with Crippen molar-refractivity contribution >= 4 is 65.9 Å². The second-order valence-electron chi connectivity index (χ2n) is 9.32. The van der Waals surface area contributed by atoms with Gasteiger partial charge < -0.3 is 4.57 Å². The summed E-state index contributed by atoms with van der Waals surface area (Å²) >= 11 is 0. The van der Waals surface area contributed by atoms with Crippen molar-refractivity contribution < 1.29 is 0 Å². The lowest BCUT2D eigenvalue weighted by molar-refractivity contribution is 1.18. The van der Waals surface area contributed by atoms with Crippen molar-refractivity contribution in [2.45, 2.75) is 0 Å².